The summed E-state index contributed by atoms with van der Waals surface area (Å²) in [5, 5.41) is 0.454. The summed E-state index contributed by atoms with van der Waals surface area (Å²) in [6.07, 6.45) is 7.09. The van der Waals surface area contributed by atoms with E-state index in [1.807, 2.05) is 19.0 Å². The standard InChI is InChI=1S/C11H16ClNO/c1-10(12)6-4-5-7-11(14)8-9-13(2)3/h4-7H,1,8-9H2,2-3H3/b6-4-,7-5+. The fraction of sp³-hybridized carbons (Fsp3) is 0.364. The number of halogens is 1. The highest BCUT2D eigenvalue weighted by atomic mass is 35.5. The molecule has 0 aromatic heterocycles. The van der Waals surface area contributed by atoms with Gasteiger partial charge in [0.1, 0.15) is 0 Å². The van der Waals surface area contributed by atoms with Crippen LogP contribution in [0.5, 0.6) is 0 Å². The van der Waals surface area contributed by atoms with E-state index in [0.29, 0.717) is 11.5 Å². The SMILES string of the molecule is C=C(Cl)/C=C\C=C\C(=O)CCN(C)C. The van der Waals surface area contributed by atoms with Crippen LogP contribution in [-0.4, -0.2) is 31.3 Å². The van der Waals surface area contributed by atoms with Crippen molar-refractivity contribution in [3.8, 4) is 0 Å². The zero-order valence-corrected chi connectivity index (χ0v) is 9.42. The molecule has 0 saturated carbocycles. The summed E-state index contributed by atoms with van der Waals surface area (Å²) in [7, 11) is 3.88. The second-order valence-corrected chi connectivity index (χ2v) is 3.67. The van der Waals surface area contributed by atoms with Crippen LogP contribution in [0.2, 0.25) is 0 Å². The Balaban J connectivity index is 3.77. The first-order chi connectivity index (χ1) is 6.52. The molecule has 0 atom stereocenters. The number of hydrogen-bond donors (Lipinski definition) is 0. The predicted octanol–water partition coefficient (Wildman–Crippen LogP) is 2.37. The minimum absolute atomic E-state index is 0.114. The van der Waals surface area contributed by atoms with Gasteiger partial charge in [0.25, 0.3) is 0 Å². The molecule has 0 aliphatic heterocycles. The maximum atomic E-state index is 11.2. The van der Waals surface area contributed by atoms with E-state index in [9.17, 15) is 4.79 Å². The van der Waals surface area contributed by atoms with E-state index in [1.165, 1.54) is 0 Å². The van der Waals surface area contributed by atoms with Gasteiger partial charge >= 0.3 is 0 Å². The number of carbonyl (C=O) groups is 1. The van der Waals surface area contributed by atoms with E-state index in [1.54, 1.807) is 24.3 Å². The summed E-state index contributed by atoms with van der Waals surface area (Å²) in [4.78, 5) is 13.2. The van der Waals surface area contributed by atoms with E-state index in [4.69, 9.17) is 11.6 Å². The number of nitrogens with zero attached hydrogens (tertiary/aromatic N) is 1. The van der Waals surface area contributed by atoms with Crippen LogP contribution in [-0.2, 0) is 4.79 Å². The van der Waals surface area contributed by atoms with Gasteiger partial charge < -0.3 is 4.90 Å². The number of rotatable bonds is 6. The van der Waals surface area contributed by atoms with E-state index >= 15 is 0 Å². The maximum absolute atomic E-state index is 11.2. The third-order valence-electron chi connectivity index (χ3n) is 1.48. The summed E-state index contributed by atoms with van der Waals surface area (Å²) in [6.45, 7) is 4.26. The molecule has 0 N–H and O–H groups in total. The number of ketones is 1. The average Bonchev–Trinajstić information content (AvgIpc) is 2.08. The highest BCUT2D eigenvalue weighted by Crippen LogP contribution is 1.97. The summed E-state index contributed by atoms with van der Waals surface area (Å²) in [6, 6.07) is 0. The van der Waals surface area contributed by atoms with Crippen molar-refractivity contribution < 1.29 is 4.79 Å². The molecule has 0 radical (unpaired) electrons. The lowest BCUT2D eigenvalue weighted by molar-refractivity contribution is -0.114. The molecular formula is C11H16ClNO. The van der Waals surface area contributed by atoms with Gasteiger partial charge in [-0.1, -0.05) is 30.3 Å². The highest BCUT2D eigenvalue weighted by Gasteiger charge is 1.96. The molecule has 0 heterocycles. The van der Waals surface area contributed by atoms with Crippen LogP contribution in [0, 0.1) is 0 Å². The lowest BCUT2D eigenvalue weighted by Crippen LogP contribution is -2.15. The Morgan fingerprint density at radius 2 is 1.93 bits per heavy atom. The fourth-order valence-electron chi connectivity index (χ4n) is 0.740. The van der Waals surface area contributed by atoms with Crippen molar-refractivity contribution in [2.45, 2.75) is 6.42 Å². The van der Waals surface area contributed by atoms with Crippen molar-refractivity contribution in [3.63, 3.8) is 0 Å². The quantitative estimate of drug-likeness (QED) is 0.499. The monoisotopic (exact) mass is 213 g/mol. The first-order valence-corrected chi connectivity index (χ1v) is 4.77. The van der Waals surface area contributed by atoms with Crippen LogP contribution in [0.25, 0.3) is 0 Å². The maximum Gasteiger partial charge on any atom is 0.156 e. The van der Waals surface area contributed by atoms with Crippen molar-refractivity contribution in [2.75, 3.05) is 20.6 Å². The first kappa shape index (κ1) is 13.1. The van der Waals surface area contributed by atoms with Crippen LogP contribution in [0.15, 0.2) is 35.9 Å². The van der Waals surface area contributed by atoms with E-state index < -0.39 is 0 Å². The molecule has 14 heavy (non-hydrogen) atoms. The molecule has 0 aliphatic carbocycles. The van der Waals surface area contributed by atoms with Crippen LogP contribution >= 0.6 is 11.6 Å². The second-order valence-electron chi connectivity index (χ2n) is 3.18. The van der Waals surface area contributed by atoms with Crippen LogP contribution < -0.4 is 0 Å². The molecule has 3 heteroatoms. The largest absolute Gasteiger partial charge is 0.309 e. The lowest BCUT2D eigenvalue weighted by Gasteiger charge is -2.05. The van der Waals surface area contributed by atoms with Gasteiger partial charge in [-0.25, -0.2) is 0 Å². The summed E-state index contributed by atoms with van der Waals surface area (Å²) >= 11 is 5.49. The van der Waals surface area contributed by atoms with Gasteiger partial charge in [-0.2, -0.15) is 0 Å². The topological polar surface area (TPSA) is 20.3 Å². The zero-order valence-electron chi connectivity index (χ0n) is 8.66. The summed E-state index contributed by atoms with van der Waals surface area (Å²) < 4.78 is 0. The van der Waals surface area contributed by atoms with Crippen molar-refractivity contribution >= 4 is 17.4 Å². The van der Waals surface area contributed by atoms with Gasteiger partial charge in [-0.3, -0.25) is 4.79 Å². The van der Waals surface area contributed by atoms with Gasteiger partial charge in [0.05, 0.1) is 0 Å². The number of allylic oxidation sites excluding steroid dienone is 5. The molecule has 0 saturated heterocycles. The van der Waals surface area contributed by atoms with Gasteiger partial charge in [-0.05, 0) is 26.2 Å². The van der Waals surface area contributed by atoms with Crippen LogP contribution in [0.1, 0.15) is 6.42 Å². The molecule has 0 aliphatic rings. The van der Waals surface area contributed by atoms with E-state index in [-0.39, 0.29) is 5.78 Å². The Bertz CT molecular complexity index is 254. The molecule has 78 valence electrons. The second kappa shape index (κ2) is 7.54. The molecule has 0 rings (SSSR count). The molecule has 2 nitrogen and oxygen atoms in total. The zero-order chi connectivity index (χ0) is 11.0. The Labute approximate surface area is 90.5 Å². The summed E-state index contributed by atoms with van der Waals surface area (Å²) in [5.41, 5.74) is 0. The normalized spacial score (nSPS) is 11.7. The van der Waals surface area contributed by atoms with Gasteiger partial charge in [-0.15, -0.1) is 0 Å². The molecule has 0 amide bonds. The Kier molecular flexibility index (Phi) is 7.07. The number of hydrogen-bond acceptors (Lipinski definition) is 2. The smallest absolute Gasteiger partial charge is 0.156 e. The molecule has 0 spiro atoms. The molecule has 0 fully saturated rings. The van der Waals surface area contributed by atoms with Crippen LogP contribution in [0.3, 0.4) is 0 Å². The molecule has 0 unspecified atom stereocenters. The minimum atomic E-state index is 0.114. The Hall–Kier alpha value is -0.860. The molecular weight excluding hydrogens is 198 g/mol. The average molecular weight is 214 g/mol. The fourth-order valence-corrected chi connectivity index (χ4v) is 0.813. The van der Waals surface area contributed by atoms with Gasteiger partial charge in [0, 0.05) is 18.0 Å². The highest BCUT2D eigenvalue weighted by molar-refractivity contribution is 6.30. The minimum Gasteiger partial charge on any atom is -0.309 e. The van der Waals surface area contributed by atoms with Crippen molar-refractivity contribution in [2.24, 2.45) is 0 Å². The third kappa shape index (κ3) is 9.23. The van der Waals surface area contributed by atoms with Gasteiger partial charge in [0.2, 0.25) is 0 Å². The molecule has 0 aromatic rings. The first-order valence-electron chi connectivity index (χ1n) is 4.39. The summed E-state index contributed by atoms with van der Waals surface area (Å²) in [5.74, 6) is 0.114. The Morgan fingerprint density at radius 1 is 1.36 bits per heavy atom. The molecule has 0 aromatic carbocycles. The lowest BCUT2D eigenvalue weighted by atomic mass is 10.2. The van der Waals surface area contributed by atoms with E-state index in [0.717, 1.165) is 6.54 Å². The predicted molar refractivity (Wildman–Crippen MR) is 61.5 cm³/mol. The number of carbonyl (C=O) groups excluding carboxylic acids is 1. The third-order valence-corrected chi connectivity index (χ3v) is 1.60. The van der Waals surface area contributed by atoms with Crippen molar-refractivity contribution in [1.82, 2.24) is 4.90 Å². The van der Waals surface area contributed by atoms with Crippen molar-refractivity contribution in [3.05, 3.63) is 35.9 Å². The molecule has 0 bridgehead atoms. The van der Waals surface area contributed by atoms with Gasteiger partial charge in [0.15, 0.2) is 5.78 Å². The van der Waals surface area contributed by atoms with E-state index in [2.05, 4.69) is 6.58 Å². The van der Waals surface area contributed by atoms with Crippen molar-refractivity contribution in [1.29, 1.82) is 0 Å². The Morgan fingerprint density at radius 3 is 2.43 bits per heavy atom. The van der Waals surface area contributed by atoms with Crippen LogP contribution in [0.4, 0.5) is 0 Å².